The molecule has 59 heavy (non-hydrogen) atoms. The lowest BCUT2D eigenvalue weighted by Gasteiger charge is -2.41. The molecule has 0 saturated carbocycles. The Labute approximate surface area is 343 Å². The molecule has 3 aromatic rings. The summed E-state index contributed by atoms with van der Waals surface area (Å²) in [5.74, 6) is -0.394. The van der Waals surface area contributed by atoms with Crippen LogP contribution in [0.25, 0.3) is 0 Å². The van der Waals surface area contributed by atoms with Crippen molar-refractivity contribution in [3.8, 4) is 5.75 Å². The van der Waals surface area contributed by atoms with Gasteiger partial charge in [0.15, 0.2) is 0 Å². The monoisotopic (exact) mass is 851 g/mol. The summed E-state index contributed by atoms with van der Waals surface area (Å²) in [7, 11) is -3.42. The number of aromatic nitrogens is 3. The minimum Gasteiger partial charge on any atom is -0.497 e. The summed E-state index contributed by atoms with van der Waals surface area (Å²) in [6.07, 6.45) is -4.51. The van der Waals surface area contributed by atoms with E-state index in [1.165, 1.54) is 41.6 Å². The normalized spacial score (nSPS) is 16.6. The summed E-state index contributed by atoms with van der Waals surface area (Å²) < 4.78 is 79.4. The molecule has 3 amide bonds. The largest absolute Gasteiger partial charge is 0.497 e. The molecule has 4 rings (SSSR count). The summed E-state index contributed by atoms with van der Waals surface area (Å²) >= 11 is 0. The number of ether oxygens (including phenoxy) is 2. The first kappa shape index (κ1) is 47.2. The molecule has 0 spiro atoms. The Bertz CT molecular complexity index is 1910. The van der Waals surface area contributed by atoms with Crippen LogP contribution < -0.4 is 15.8 Å². The lowest BCUT2D eigenvalue weighted by molar-refractivity contribution is -0.167. The first-order valence-corrected chi connectivity index (χ1v) is 21.0. The maximum atomic E-state index is 14.6. The van der Waals surface area contributed by atoms with E-state index in [1.807, 2.05) is 30.3 Å². The van der Waals surface area contributed by atoms with E-state index in [4.69, 9.17) is 24.3 Å². The highest BCUT2D eigenvalue weighted by Gasteiger charge is 2.66. The highest BCUT2D eigenvalue weighted by atomic mass is 31.2. The quantitative estimate of drug-likeness (QED) is 0.138. The number of carbonyl (C=O) groups is 3. The van der Waals surface area contributed by atoms with Gasteiger partial charge in [-0.15, -0.1) is 5.10 Å². The molecule has 0 aliphatic carbocycles. The van der Waals surface area contributed by atoms with Crippen molar-refractivity contribution in [1.29, 1.82) is 0 Å². The Morgan fingerprint density at radius 2 is 1.61 bits per heavy atom. The maximum Gasteiger partial charge on any atom is 0.418 e. The zero-order valence-electron chi connectivity index (χ0n) is 35.0. The van der Waals surface area contributed by atoms with Crippen LogP contribution in [0.15, 0.2) is 60.8 Å². The van der Waals surface area contributed by atoms with Crippen LogP contribution in [-0.4, -0.2) is 104 Å². The number of hydrogen-bond donors (Lipinski definition) is 2. The van der Waals surface area contributed by atoms with Crippen LogP contribution in [0.1, 0.15) is 78.1 Å². The Hall–Kier alpha value is -4.51. The average molecular weight is 852 g/mol. The predicted octanol–water partition coefficient (Wildman–Crippen LogP) is 6.25. The molecule has 1 aliphatic rings. The molecule has 0 radical (unpaired) electrons. The third-order valence-corrected chi connectivity index (χ3v) is 12.4. The highest BCUT2D eigenvalue weighted by Crippen LogP contribution is 2.64. The van der Waals surface area contributed by atoms with Crippen LogP contribution >= 0.6 is 7.60 Å². The molecule has 3 N–H and O–H groups in total. The molecular formula is C40H57F3N7O8P. The van der Waals surface area contributed by atoms with Crippen LogP contribution in [-0.2, 0) is 53.9 Å². The number of amides is 3. The molecule has 2 heterocycles. The lowest BCUT2D eigenvalue weighted by atomic mass is 9.96. The van der Waals surface area contributed by atoms with Gasteiger partial charge < -0.3 is 34.5 Å². The zero-order chi connectivity index (χ0) is 43.8. The predicted molar refractivity (Wildman–Crippen MR) is 213 cm³/mol. The molecule has 15 nitrogen and oxygen atoms in total. The van der Waals surface area contributed by atoms with Crippen LogP contribution in [0, 0.1) is 0 Å². The molecule has 3 atom stereocenters. The van der Waals surface area contributed by atoms with E-state index < -0.39 is 66.6 Å². The van der Waals surface area contributed by atoms with Crippen molar-refractivity contribution >= 4 is 25.5 Å². The lowest BCUT2D eigenvalue weighted by Crippen LogP contribution is -2.62. The summed E-state index contributed by atoms with van der Waals surface area (Å²) in [5, 5.41) is 7.57. The van der Waals surface area contributed by atoms with Gasteiger partial charge in [0.2, 0.25) is 17.1 Å². The molecule has 19 heteroatoms. The fourth-order valence-corrected chi connectivity index (χ4v) is 8.60. The van der Waals surface area contributed by atoms with E-state index in [0.29, 0.717) is 30.7 Å². The highest BCUT2D eigenvalue weighted by molar-refractivity contribution is 7.55. The van der Waals surface area contributed by atoms with E-state index in [-0.39, 0.29) is 38.4 Å². The summed E-state index contributed by atoms with van der Waals surface area (Å²) in [4.78, 5) is 45.3. The number of methoxy groups -OCH3 is 1. The molecule has 1 fully saturated rings. The fourth-order valence-electron chi connectivity index (χ4n) is 6.72. The van der Waals surface area contributed by atoms with E-state index >= 15 is 0 Å². The average Bonchev–Trinajstić information content (AvgIpc) is 3.83. The molecule has 326 valence electrons. The van der Waals surface area contributed by atoms with Gasteiger partial charge in [0.25, 0.3) is 0 Å². The molecule has 1 aliphatic heterocycles. The van der Waals surface area contributed by atoms with E-state index in [0.717, 1.165) is 5.56 Å². The van der Waals surface area contributed by atoms with Crippen molar-refractivity contribution in [2.45, 2.75) is 122 Å². The number of nitrogens with zero attached hydrogens (tertiary/aromatic N) is 5. The number of carbonyl (C=O) groups excluding carboxylic acids is 3. The van der Waals surface area contributed by atoms with Crippen LogP contribution in [0.2, 0.25) is 0 Å². The second-order valence-electron chi connectivity index (χ2n) is 15.9. The maximum absolute atomic E-state index is 14.6. The number of rotatable bonds is 18. The van der Waals surface area contributed by atoms with Gasteiger partial charge in [-0.1, -0.05) is 47.7 Å². The smallest absolute Gasteiger partial charge is 0.418 e. The van der Waals surface area contributed by atoms with Gasteiger partial charge in [-0.2, -0.15) is 13.2 Å². The van der Waals surface area contributed by atoms with Gasteiger partial charge >= 0.3 is 19.9 Å². The van der Waals surface area contributed by atoms with Gasteiger partial charge in [0, 0.05) is 25.7 Å². The number of nitrogens with two attached hydrogens (primary N) is 1. The Kier molecular flexibility index (Phi) is 15.4. The molecule has 1 saturated heterocycles. The van der Waals surface area contributed by atoms with Crippen molar-refractivity contribution in [1.82, 2.24) is 30.1 Å². The number of nitrogens with one attached hydrogen (secondary N) is 1. The second kappa shape index (κ2) is 19.3. The van der Waals surface area contributed by atoms with Crippen LogP contribution in [0.5, 0.6) is 5.75 Å². The van der Waals surface area contributed by atoms with Gasteiger partial charge in [0.05, 0.1) is 38.6 Å². The SMILES string of the molecule is CCOP(=O)(OCC)C(N)(Cc1cn(C[C@H](Cc2ccccc2)NC(=O)C(C)(C)N(Cc2ccc(OC)cc2)C(=O)[C@@H]2CCCN2C(=O)OC(C)(C)C)nn1)C(F)(F)F. The first-order valence-electron chi connectivity index (χ1n) is 19.5. The van der Waals surface area contributed by atoms with Crippen LogP contribution in [0.3, 0.4) is 0 Å². The Balaban J connectivity index is 1.66. The Morgan fingerprint density at radius 3 is 2.17 bits per heavy atom. The summed E-state index contributed by atoms with van der Waals surface area (Å²) in [6, 6.07) is 14.6. The number of alkyl halides is 3. The topological polar surface area (TPSA) is 180 Å². The van der Waals surface area contributed by atoms with Crippen molar-refractivity contribution in [2.75, 3.05) is 26.9 Å². The minimum atomic E-state index is -5.22. The first-order chi connectivity index (χ1) is 27.6. The van der Waals surface area contributed by atoms with E-state index in [9.17, 15) is 32.1 Å². The molecule has 2 aromatic carbocycles. The number of hydrogen-bond acceptors (Lipinski definition) is 11. The molecular weight excluding hydrogens is 794 g/mol. The van der Waals surface area contributed by atoms with Crippen molar-refractivity contribution in [3.63, 3.8) is 0 Å². The Morgan fingerprint density at radius 1 is 0.983 bits per heavy atom. The third-order valence-electron chi connectivity index (χ3n) is 9.84. The van der Waals surface area contributed by atoms with E-state index in [2.05, 4.69) is 15.6 Å². The fraction of sp³-hybridized carbons (Fsp3) is 0.575. The van der Waals surface area contributed by atoms with Gasteiger partial charge in [-0.25, -0.2) is 4.79 Å². The minimum absolute atomic E-state index is 0.00505. The van der Waals surface area contributed by atoms with Gasteiger partial charge in [-0.05, 0) is 91.0 Å². The third kappa shape index (κ3) is 11.6. The van der Waals surface area contributed by atoms with Gasteiger partial charge in [-0.3, -0.25) is 23.7 Å². The molecule has 1 aromatic heterocycles. The van der Waals surface area contributed by atoms with E-state index in [1.54, 1.807) is 58.9 Å². The summed E-state index contributed by atoms with van der Waals surface area (Å²) in [5.41, 5.74) is 4.84. The molecule has 1 unspecified atom stereocenters. The van der Waals surface area contributed by atoms with Gasteiger partial charge in [0.1, 0.15) is 22.9 Å². The summed E-state index contributed by atoms with van der Waals surface area (Å²) in [6.45, 7) is 10.7. The standard InChI is InChI=1S/C40H57F3N7O8P/c1-9-56-59(54,57-10-2)39(44,40(41,42)43)24-31-27-48(47-46-31)26-30(23-28-15-12-11-13-16-28)45-35(52)38(6,7)50(25-29-18-20-32(55-8)21-19-29)34(51)33-17-14-22-49(33)36(53)58-37(3,4)5/h11-13,15-16,18-21,27,30,33H,9-10,14,17,22-26,44H2,1-8H3,(H,45,52)/t30-,33-,39?/m0/s1. The van der Waals surface area contributed by atoms with Crippen LogP contribution in [0.4, 0.5) is 18.0 Å². The number of likely N-dealkylation sites (tertiary alicyclic amines) is 1. The van der Waals surface area contributed by atoms with Crippen molar-refractivity contribution < 1.29 is 50.6 Å². The van der Waals surface area contributed by atoms with Crippen molar-refractivity contribution in [3.05, 3.63) is 77.6 Å². The van der Waals surface area contributed by atoms with Crippen molar-refractivity contribution in [2.24, 2.45) is 5.73 Å². The number of benzene rings is 2. The number of halogens is 3. The zero-order valence-corrected chi connectivity index (χ0v) is 35.8. The second-order valence-corrected chi connectivity index (χ2v) is 18.2. The molecule has 0 bridgehead atoms.